The largest absolute Gasteiger partial charge is 0.446 e. The van der Waals surface area contributed by atoms with Crippen molar-refractivity contribution < 1.29 is 41.4 Å². The molecule has 0 aliphatic heterocycles. The summed E-state index contributed by atoms with van der Waals surface area (Å²) in [6.07, 6.45) is -13.8. The summed E-state index contributed by atoms with van der Waals surface area (Å²) in [6, 6.07) is 0. The van der Waals surface area contributed by atoms with Crippen molar-refractivity contribution in [1.29, 1.82) is 0 Å². The second-order valence-electron chi connectivity index (χ2n) is 1.57. The van der Waals surface area contributed by atoms with E-state index in [1.54, 1.807) is 0 Å². The highest BCUT2D eigenvalue weighted by Crippen LogP contribution is 2.17. The van der Waals surface area contributed by atoms with E-state index in [9.17, 15) is 26.3 Å². The van der Waals surface area contributed by atoms with Crippen molar-refractivity contribution in [3.05, 3.63) is 0 Å². The van der Waals surface area contributed by atoms with Crippen molar-refractivity contribution in [2.24, 2.45) is 0 Å². The van der Waals surface area contributed by atoms with Gasteiger partial charge in [0.2, 0.25) is 6.29 Å². The van der Waals surface area contributed by atoms with Crippen LogP contribution in [0.4, 0.5) is 26.3 Å². The molecule has 0 aromatic carbocycles. The molecule has 80 valence electrons. The number of rotatable bonds is 0. The van der Waals surface area contributed by atoms with Crippen LogP contribution in [0.1, 0.15) is 0 Å². The molecule has 13 heavy (non-hydrogen) atoms. The van der Waals surface area contributed by atoms with E-state index in [0.29, 0.717) is 0 Å². The molecule has 0 rings (SSSR count). The molecule has 0 heterocycles. The Kier molecular flexibility index (Phi) is 5.67. The summed E-state index contributed by atoms with van der Waals surface area (Å²) in [7, 11) is 0. The Balaban J connectivity index is 0. The van der Waals surface area contributed by atoms with Crippen LogP contribution in [0.25, 0.3) is 0 Å². The maximum atomic E-state index is 10.7. The van der Waals surface area contributed by atoms with Gasteiger partial charge in [0, 0.05) is 0 Å². The lowest BCUT2D eigenvalue weighted by Crippen LogP contribution is -2.27. The molecule has 0 bridgehead atoms. The molecule has 0 saturated heterocycles. The number of carbonyl (C=O) groups excluding carboxylic acids is 1. The standard InChI is InChI=1S/C2H3F3O2.C2HF3O/c3-2(4,5)1(6)7;3-2(4,5)1-6/h1,6-7H;1H. The Hall–Kier alpha value is -0.830. The van der Waals surface area contributed by atoms with Gasteiger partial charge in [0.05, 0.1) is 0 Å². The molecule has 0 radical (unpaired) electrons. The third kappa shape index (κ3) is 14.1. The molecule has 0 spiro atoms. The van der Waals surface area contributed by atoms with E-state index < -0.39 is 24.9 Å². The number of hydrogen-bond donors (Lipinski definition) is 2. The molecule has 3 nitrogen and oxygen atoms in total. The van der Waals surface area contributed by atoms with Crippen LogP contribution in [0, 0.1) is 0 Å². The Morgan fingerprint density at radius 2 is 1.15 bits per heavy atom. The highest BCUT2D eigenvalue weighted by atomic mass is 19.4. The summed E-state index contributed by atoms with van der Waals surface area (Å²) in [4.78, 5) is 8.70. The van der Waals surface area contributed by atoms with Gasteiger partial charge in [-0.15, -0.1) is 0 Å². The molecule has 0 aromatic heterocycles. The first-order chi connectivity index (χ1) is 5.50. The fraction of sp³-hybridized carbons (Fsp3) is 0.750. The van der Waals surface area contributed by atoms with E-state index in [2.05, 4.69) is 0 Å². The van der Waals surface area contributed by atoms with Crippen LogP contribution in [0.3, 0.4) is 0 Å². The van der Waals surface area contributed by atoms with Gasteiger partial charge >= 0.3 is 12.4 Å². The molecule has 0 atom stereocenters. The molecule has 0 aliphatic carbocycles. The van der Waals surface area contributed by atoms with Gasteiger partial charge in [-0.05, 0) is 0 Å². The van der Waals surface area contributed by atoms with Gasteiger partial charge in [-0.3, -0.25) is 4.79 Å². The first-order valence-electron chi connectivity index (χ1n) is 2.46. The summed E-state index contributed by atoms with van der Waals surface area (Å²) in [5.41, 5.74) is 0. The number of halogens is 6. The quantitative estimate of drug-likeness (QED) is 0.353. The van der Waals surface area contributed by atoms with Gasteiger partial charge < -0.3 is 10.2 Å². The van der Waals surface area contributed by atoms with Crippen molar-refractivity contribution in [2.75, 3.05) is 0 Å². The van der Waals surface area contributed by atoms with E-state index in [1.165, 1.54) is 0 Å². The van der Waals surface area contributed by atoms with Gasteiger partial charge in [-0.25, -0.2) is 0 Å². The van der Waals surface area contributed by atoms with Crippen LogP contribution in [-0.2, 0) is 4.79 Å². The Labute approximate surface area is 67.6 Å². The minimum absolute atomic E-state index is 1.06. The third-order valence-electron chi connectivity index (χ3n) is 0.426. The molecule has 0 amide bonds. The molecule has 2 N–H and O–H groups in total. The lowest BCUT2D eigenvalue weighted by atomic mass is 10.6. The fourth-order valence-corrected chi connectivity index (χ4v) is 0. The lowest BCUT2D eigenvalue weighted by Gasteiger charge is -2.05. The number of aliphatic hydroxyl groups excluding tert-OH is 1. The Bertz CT molecular complexity index is 147. The van der Waals surface area contributed by atoms with Gasteiger partial charge in [-0.2, -0.15) is 26.3 Å². The Morgan fingerprint density at radius 3 is 1.15 bits per heavy atom. The first kappa shape index (κ1) is 14.7. The van der Waals surface area contributed by atoms with E-state index >= 15 is 0 Å². The minimum Gasteiger partial charge on any atom is -0.361 e. The van der Waals surface area contributed by atoms with Crippen LogP contribution in [0.15, 0.2) is 0 Å². The maximum Gasteiger partial charge on any atom is 0.446 e. The Morgan fingerprint density at radius 1 is 1.00 bits per heavy atom. The SMILES string of the molecule is O=CC(F)(F)F.OC(O)C(F)(F)F. The third-order valence-corrected chi connectivity index (χ3v) is 0.426. The van der Waals surface area contributed by atoms with Gasteiger partial charge in [0.25, 0.3) is 6.29 Å². The van der Waals surface area contributed by atoms with Crippen molar-refractivity contribution in [3.63, 3.8) is 0 Å². The summed E-state index contributed by atoms with van der Waals surface area (Å²) in [5.74, 6) is 0. The van der Waals surface area contributed by atoms with Gasteiger partial charge in [0.1, 0.15) is 0 Å². The number of aliphatic hydroxyl groups is 2. The molecule has 0 fully saturated rings. The highest BCUT2D eigenvalue weighted by Gasteiger charge is 2.36. The second kappa shape index (κ2) is 5.02. The van der Waals surface area contributed by atoms with Gasteiger partial charge in [0.15, 0.2) is 0 Å². The van der Waals surface area contributed by atoms with Gasteiger partial charge in [-0.1, -0.05) is 0 Å². The second-order valence-corrected chi connectivity index (χ2v) is 1.57. The number of carbonyl (C=O) groups is 1. The lowest BCUT2D eigenvalue weighted by molar-refractivity contribution is -0.275. The van der Waals surface area contributed by atoms with Crippen LogP contribution < -0.4 is 0 Å². The van der Waals surface area contributed by atoms with Crippen LogP contribution in [-0.4, -0.2) is 35.1 Å². The average molecular weight is 214 g/mol. The summed E-state index contributed by atoms with van der Waals surface area (Å²) < 4.78 is 63.3. The summed E-state index contributed by atoms with van der Waals surface area (Å²) in [5, 5.41) is 14.6. The number of hydrogen-bond acceptors (Lipinski definition) is 3. The zero-order valence-corrected chi connectivity index (χ0v) is 5.73. The highest BCUT2D eigenvalue weighted by molar-refractivity contribution is 5.56. The number of aldehydes is 1. The zero-order valence-electron chi connectivity index (χ0n) is 5.73. The van der Waals surface area contributed by atoms with E-state index in [4.69, 9.17) is 15.0 Å². The van der Waals surface area contributed by atoms with Crippen LogP contribution >= 0.6 is 0 Å². The monoisotopic (exact) mass is 214 g/mol. The molecule has 0 unspecified atom stereocenters. The van der Waals surface area contributed by atoms with Crippen molar-refractivity contribution >= 4 is 6.29 Å². The predicted octanol–water partition coefficient (Wildman–Crippen LogP) is 0.607. The molecular weight excluding hydrogens is 210 g/mol. The fourth-order valence-electron chi connectivity index (χ4n) is 0. The van der Waals surface area contributed by atoms with E-state index in [0.717, 1.165) is 0 Å². The minimum atomic E-state index is -4.89. The van der Waals surface area contributed by atoms with Crippen molar-refractivity contribution in [2.45, 2.75) is 18.6 Å². The molecule has 0 aliphatic rings. The summed E-state index contributed by atoms with van der Waals surface area (Å²) in [6.45, 7) is 0. The van der Waals surface area contributed by atoms with Crippen LogP contribution in [0.2, 0.25) is 0 Å². The van der Waals surface area contributed by atoms with E-state index in [1.807, 2.05) is 0 Å². The maximum absolute atomic E-state index is 10.7. The average Bonchev–Trinajstić information content (AvgIpc) is 1.85. The van der Waals surface area contributed by atoms with Crippen molar-refractivity contribution in [3.8, 4) is 0 Å². The number of alkyl halides is 6. The molecule has 0 saturated carbocycles. The topological polar surface area (TPSA) is 57.5 Å². The normalized spacial score (nSPS) is 12.1. The predicted molar refractivity (Wildman–Crippen MR) is 26.4 cm³/mol. The zero-order chi connectivity index (χ0) is 11.3. The molecule has 9 heteroatoms. The van der Waals surface area contributed by atoms with Crippen LogP contribution in [0.5, 0.6) is 0 Å². The molecule has 0 aromatic rings. The molecular formula is C4H4F6O3. The smallest absolute Gasteiger partial charge is 0.361 e. The van der Waals surface area contributed by atoms with E-state index in [-0.39, 0.29) is 0 Å². The van der Waals surface area contributed by atoms with Crippen molar-refractivity contribution in [1.82, 2.24) is 0 Å². The first-order valence-corrected chi connectivity index (χ1v) is 2.46. The summed E-state index contributed by atoms with van der Waals surface area (Å²) >= 11 is 0.